The lowest BCUT2D eigenvalue weighted by Crippen LogP contribution is -2.36. The van der Waals surface area contributed by atoms with Gasteiger partial charge < -0.3 is 14.8 Å². The van der Waals surface area contributed by atoms with E-state index in [4.69, 9.17) is 14.4 Å². The zero-order valence-electron chi connectivity index (χ0n) is 12.0. The largest absolute Gasteiger partial charge is 0.506 e. The third-order valence-electron chi connectivity index (χ3n) is 3.11. The first kappa shape index (κ1) is 15.3. The third kappa shape index (κ3) is 3.73. The monoisotopic (exact) mass is 299 g/mol. The number of nitrogens with one attached hydrogen (secondary N) is 1. The van der Waals surface area contributed by atoms with E-state index in [9.17, 15) is 4.57 Å². The second-order valence-corrected chi connectivity index (χ2v) is 6.37. The molecule has 0 aromatic carbocycles. The number of aryl methyl sites for hydroxylation is 1. The highest BCUT2D eigenvalue weighted by Gasteiger charge is 2.30. The van der Waals surface area contributed by atoms with Gasteiger partial charge in [-0.3, -0.25) is 4.98 Å². The van der Waals surface area contributed by atoms with Crippen molar-refractivity contribution in [1.82, 2.24) is 10.3 Å². The number of aromatic nitrogens is 1. The number of hydrogen-bond donors (Lipinski definition) is 2. The summed E-state index contributed by atoms with van der Waals surface area (Å²) in [6.07, 6.45) is 2.04. The normalized spacial score (nSPS) is 17.3. The summed E-state index contributed by atoms with van der Waals surface area (Å²) in [6.45, 7) is 7.20. The summed E-state index contributed by atoms with van der Waals surface area (Å²) in [7, 11) is -2.09. The van der Waals surface area contributed by atoms with Crippen LogP contribution in [0.15, 0.2) is 6.20 Å². The topological polar surface area (TPSA) is 80.7 Å². The van der Waals surface area contributed by atoms with E-state index in [2.05, 4.69) is 10.3 Å². The van der Waals surface area contributed by atoms with Crippen LogP contribution in [-0.2, 0) is 22.5 Å². The molecule has 0 bridgehead atoms. The van der Waals surface area contributed by atoms with Gasteiger partial charge in [-0.25, -0.2) is 0 Å². The van der Waals surface area contributed by atoms with Gasteiger partial charge in [0.25, 0.3) is 0 Å². The summed E-state index contributed by atoms with van der Waals surface area (Å²) in [5, 5.41) is 3.13. The molecule has 1 aromatic rings. The molecule has 6 nitrogen and oxygen atoms in total. The molecule has 0 saturated heterocycles. The van der Waals surface area contributed by atoms with Crippen LogP contribution in [0.5, 0.6) is 5.75 Å². The zero-order valence-corrected chi connectivity index (χ0v) is 12.9. The minimum Gasteiger partial charge on any atom is -0.461 e. The summed E-state index contributed by atoms with van der Waals surface area (Å²) < 4.78 is 22.1. The van der Waals surface area contributed by atoms with Gasteiger partial charge in [0.05, 0.1) is 12.3 Å². The fourth-order valence-electron chi connectivity index (χ4n) is 2.04. The van der Waals surface area contributed by atoms with Crippen LogP contribution in [-0.4, -0.2) is 28.4 Å². The van der Waals surface area contributed by atoms with Gasteiger partial charge in [0.15, 0.2) is 6.16 Å². The summed E-state index contributed by atoms with van der Waals surface area (Å²) in [5.74, 6) is 0.148. The lowest BCUT2D eigenvalue weighted by atomic mass is 10.1. The minimum atomic E-state index is -2.09. The first-order chi connectivity index (χ1) is 9.39. The fourth-order valence-corrected chi connectivity index (χ4v) is 2.39. The standard InChI is InChI=1S/C13H19N2O4P/c1-9-12-11(8-18-13(2,3)19-12)10(7-15-9)6-14-4-5-20(16)17/h7,14H,4-6,8H2,1-3H3/p+1. The Labute approximate surface area is 119 Å². The van der Waals surface area contributed by atoms with Crippen molar-refractivity contribution in [3.63, 3.8) is 0 Å². The third-order valence-corrected chi connectivity index (χ3v) is 3.72. The maximum Gasteiger partial charge on any atom is 0.506 e. The molecular weight excluding hydrogens is 279 g/mol. The van der Waals surface area contributed by atoms with E-state index in [-0.39, 0.29) is 6.16 Å². The molecule has 0 aliphatic carbocycles. The van der Waals surface area contributed by atoms with Gasteiger partial charge >= 0.3 is 8.03 Å². The van der Waals surface area contributed by atoms with Gasteiger partial charge in [0, 0.05) is 38.7 Å². The smallest absolute Gasteiger partial charge is 0.461 e. The summed E-state index contributed by atoms with van der Waals surface area (Å²) >= 11 is 0. The molecule has 2 heterocycles. The predicted octanol–water partition coefficient (Wildman–Crippen LogP) is 1.86. The van der Waals surface area contributed by atoms with Crippen LogP contribution in [0.25, 0.3) is 0 Å². The summed E-state index contributed by atoms with van der Waals surface area (Å²) in [4.78, 5) is 13.1. The Balaban J connectivity index is 2.10. The van der Waals surface area contributed by atoms with Crippen molar-refractivity contribution in [2.75, 3.05) is 12.7 Å². The van der Waals surface area contributed by atoms with E-state index >= 15 is 0 Å². The molecule has 20 heavy (non-hydrogen) atoms. The van der Waals surface area contributed by atoms with Crippen LogP contribution in [0, 0.1) is 6.92 Å². The van der Waals surface area contributed by atoms with Crippen molar-refractivity contribution in [2.45, 2.75) is 39.7 Å². The lowest BCUT2D eigenvalue weighted by Gasteiger charge is -2.34. The summed E-state index contributed by atoms with van der Waals surface area (Å²) in [6, 6.07) is 0. The number of rotatable bonds is 5. The van der Waals surface area contributed by atoms with Crippen LogP contribution in [0.3, 0.4) is 0 Å². The molecule has 1 aliphatic heterocycles. The van der Waals surface area contributed by atoms with Crippen LogP contribution in [0.4, 0.5) is 0 Å². The number of hydrogen-bond acceptors (Lipinski definition) is 5. The van der Waals surface area contributed by atoms with Gasteiger partial charge in [-0.15, -0.1) is 0 Å². The minimum absolute atomic E-state index is 0.247. The maximum atomic E-state index is 10.6. The molecule has 0 amide bonds. The van der Waals surface area contributed by atoms with Crippen LogP contribution >= 0.6 is 8.03 Å². The molecule has 1 aliphatic rings. The average Bonchev–Trinajstić information content (AvgIpc) is 2.36. The number of nitrogens with zero attached hydrogens (tertiary/aromatic N) is 1. The maximum absolute atomic E-state index is 10.6. The molecule has 0 spiro atoms. The zero-order chi connectivity index (χ0) is 14.8. The molecule has 1 atom stereocenters. The Morgan fingerprint density at radius 1 is 1.55 bits per heavy atom. The fraction of sp³-hybridized carbons (Fsp3) is 0.615. The van der Waals surface area contributed by atoms with Gasteiger partial charge in [-0.1, -0.05) is 0 Å². The SMILES string of the molecule is Cc1ncc(CNCC[P+](=O)O)c2c1OC(C)(C)OC2. The van der Waals surface area contributed by atoms with Crippen LogP contribution < -0.4 is 10.1 Å². The molecular formula is C13H20N2O4P+. The molecule has 0 fully saturated rings. The molecule has 2 rings (SSSR count). The number of pyridine rings is 1. The van der Waals surface area contributed by atoms with E-state index in [1.807, 2.05) is 20.8 Å². The average molecular weight is 299 g/mol. The first-order valence-electron chi connectivity index (χ1n) is 6.53. The number of ether oxygens (including phenoxy) is 2. The Hall–Kier alpha value is -1.07. The van der Waals surface area contributed by atoms with Gasteiger partial charge in [0.2, 0.25) is 5.79 Å². The highest BCUT2D eigenvalue weighted by atomic mass is 31.1. The Morgan fingerprint density at radius 3 is 3.00 bits per heavy atom. The predicted molar refractivity (Wildman–Crippen MR) is 74.9 cm³/mol. The molecule has 7 heteroatoms. The number of fused-ring (bicyclic) bond motifs is 1. The van der Waals surface area contributed by atoms with Crippen LogP contribution in [0.2, 0.25) is 0 Å². The van der Waals surface area contributed by atoms with Crippen molar-refractivity contribution in [1.29, 1.82) is 0 Å². The molecule has 1 unspecified atom stereocenters. The molecule has 1 aromatic heterocycles. The molecule has 0 saturated carbocycles. The van der Waals surface area contributed by atoms with Crippen molar-refractivity contribution in [2.24, 2.45) is 0 Å². The Kier molecular flexibility index (Phi) is 4.70. The molecule has 2 N–H and O–H groups in total. The van der Waals surface area contributed by atoms with Gasteiger partial charge in [-0.2, -0.15) is 4.89 Å². The van der Waals surface area contributed by atoms with Gasteiger partial charge in [0.1, 0.15) is 5.75 Å². The van der Waals surface area contributed by atoms with Crippen molar-refractivity contribution < 1.29 is 18.9 Å². The molecule has 0 radical (unpaired) electrons. The Morgan fingerprint density at radius 2 is 2.30 bits per heavy atom. The van der Waals surface area contributed by atoms with E-state index in [1.165, 1.54) is 0 Å². The Bertz CT molecular complexity index is 519. The van der Waals surface area contributed by atoms with Crippen molar-refractivity contribution in [3.8, 4) is 5.75 Å². The van der Waals surface area contributed by atoms with Gasteiger partial charge in [-0.05, 0) is 17.1 Å². The van der Waals surface area contributed by atoms with E-state index < -0.39 is 13.8 Å². The van der Waals surface area contributed by atoms with E-state index in [0.717, 1.165) is 22.6 Å². The first-order valence-corrected chi connectivity index (χ1v) is 7.93. The van der Waals surface area contributed by atoms with E-state index in [0.29, 0.717) is 19.7 Å². The van der Waals surface area contributed by atoms with Crippen molar-refractivity contribution >= 4 is 8.03 Å². The molecule has 110 valence electrons. The lowest BCUT2D eigenvalue weighted by molar-refractivity contribution is -0.180. The summed E-state index contributed by atoms with van der Waals surface area (Å²) in [5.41, 5.74) is 2.84. The second kappa shape index (κ2) is 6.14. The quantitative estimate of drug-likeness (QED) is 0.638. The van der Waals surface area contributed by atoms with Crippen LogP contribution in [0.1, 0.15) is 30.7 Å². The highest BCUT2D eigenvalue weighted by molar-refractivity contribution is 7.38. The second-order valence-electron chi connectivity index (χ2n) is 5.22. The highest BCUT2D eigenvalue weighted by Crippen LogP contribution is 2.34. The van der Waals surface area contributed by atoms with Crippen molar-refractivity contribution in [3.05, 3.63) is 23.0 Å². The van der Waals surface area contributed by atoms with E-state index in [1.54, 1.807) is 6.20 Å².